The Kier molecular flexibility index (Phi) is 4.60. The van der Waals surface area contributed by atoms with Gasteiger partial charge in [-0.25, -0.2) is 13.1 Å². The number of nitrogens with one attached hydrogen (secondary N) is 1. The maximum Gasteiger partial charge on any atom is 0.253 e. The largest absolute Gasteiger partial charge is 0.502 e. The number of sulfonamides is 1. The van der Waals surface area contributed by atoms with Gasteiger partial charge in [0.1, 0.15) is 0 Å². The van der Waals surface area contributed by atoms with E-state index in [9.17, 15) is 18.6 Å². The van der Waals surface area contributed by atoms with E-state index in [1.807, 2.05) is 0 Å². The first-order valence-electron chi connectivity index (χ1n) is 6.61. The fourth-order valence-electron chi connectivity index (χ4n) is 1.94. The minimum absolute atomic E-state index is 0.146. The van der Waals surface area contributed by atoms with Crippen LogP contribution in [0.25, 0.3) is 11.3 Å². The first-order chi connectivity index (χ1) is 10.8. The first kappa shape index (κ1) is 16.8. The van der Waals surface area contributed by atoms with Crippen LogP contribution in [0.15, 0.2) is 22.6 Å². The van der Waals surface area contributed by atoms with Gasteiger partial charge in [0.15, 0.2) is 17.3 Å². The van der Waals surface area contributed by atoms with E-state index < -0.39 is 27.4 Å². The Morgan fingerprint density at radius 1 is 1.17 bits per heavy atom. The highest BCUT2D eigenvalue weighted by atomic mass is 32.2. The number of para-hydroxylation sites is 1. The molecule has 0 aliphatic heterocycles. The normalized spacial score (nSPS) is 11.3. The number of anilines is 1. The molecule has 23 heavy (non-hydrogen) atoms. The Hall–Kier alpha value is -2.55. The van der Waals surface area contributed by atoms with Gasteiger partial charge in [0.05, 0.1) is 25.5 Å². The molecule has 126 valence electrons. The van der Waals surface area contributed by atoms with Crippen molar-refractivity contribution in [3.8, 4) is 34.3 Å². The van der Waals surface area contributed by atoms with Crippen molar-refractivity contribution in [2.75, 3.05) is 24.7 Å². The fourth-order valence-corrected chi connectivity index (χ4v) is 2.51. The van der Waals surface area contributed by atoms with Crippen molar-refractivity contribution in [2.24, 2.45) is 0 Å². The Balaban J connectivity index is 2.58. The minimum atomic E-state index is -3.68. The summed E-state index contributed by atoms with van der Waals surface area (Å²) in [5.74, 6) is -1.49. The average molecular weight is 343 g/mol. The topological polar surface area (TPSA) is 118 Å². The maximum atomic E-state index is 11.6. The van der Waals surface area contributed by atoms with Crippen LogP contribution in [0.4, 0.5) is 5.88 Å². The molecule has 0 saturated heterocycles. The number of hydrogen-bond acceptors (Lipinski definition) is 7. The zero-order chi connectivity index (χ0) is 17.2. The van der Waals surface area contributed by atoms with Gasteiger partial charge in [-0.2, -0.15) is 0 Å². The summed E-state index contributed by atoms with van der Waals surface area (Å²) >= 11 is 0. The number of ether oxygens (including phenoxy) is 2. The van der Waals surface area contributed by atoms with Crippen LogP contribution in [-0.4, -0.2) is 38.6 Å². The molecule has 0 unspecified atom stereocenters. The molecule has 0 aliphatic carbocycles. The lowest BCUT2D eigenvalue weighted by Crippen LogP contribution is -2.14. The minimum Gasteiger partial charge on any atom is -0.502 e. The lowest BCUT2D eigenvalue weighted by molar-refractivity contribution is 0.355. The van der Waals surface area contributed by atoms with E-state index in [1.54, 1.807) is 18.2 Å². The summed E-state index contributed by atoms with van der Waals surface area (Å²) in [4.78, 5) is 0. The molecule has 1 heterocycles. The molecule has 0 spiro atoms. The van der Waals surface area contributed by atoms with Gasteiger partial charge in [-0.05, 0) is 19.1 Å². The standard InChI is InChI=1S/C14H17NO7S/c1-4-23(18,19)15-14-11(17)10(16)13(22-14)8-6-5-7-9(20-2)12(8)21-3/h5-7,15-17H,4H2,1-3H3. The molecule has 0 fully saturated rings. The summed E-state index contributed by atoms with van der Waals surface area (Å²) in [5.41, 5.74) is 0.293. The van der Waals surface area contributed by atoms with E-state index in [4.69, 9.17) is 13.9 Å². The molecular weight excluding hydrogens is 326 g/mol. The monoisotopic (exact) mass is 343 g/mol. The maximum absolute atomic E-state index is 11.6. The van der Waals surface area contributed by atoms with Gasteiger partial charge in [0, 0.05) is 0 Å². The van der Waals surface area contributed by atoms with Crippen molar-refractivity contribution in [1.82, 2.24) is 0 Å². The summed E-state index contributed by atoms with van der Waals surface area (Å²) in [7, 11) is -0.829. The van der Waals surface area contributed by atoms with Crippen LogP contribution in [0.2, 0.25) is 0 Å². The highest BCUT2D eigenvalue weighted by molar-refractivity contribution is 7.92. The van der Waals surface area contributed by atoms with Crippen LogP contribution in [0.5, 0.6) is 23.0 Å². The van der Waals surface area contributed by atoms with Crippen LogP contribution in [0, 0.1) is 0 Å². The second-order valence-electron chi connectivity index (χ2n) is 4.50. The SMILES string of the molecule is CCS(=O)(=O)Nc1oc(-c2cccc(OC)c2OC)c(O)c1O. The molecule has 0 saturated carbocycles. The highest BCUT2D eigenvalue weighted by Crippen LogP contribution is 2.49. The summed E-state index contributed by atoms with van der Waals surface area (Å²) in [5, 5.41) is 19.9. The smallest absolute Gasteiger partial charge is 0.253 e. The van der Waals surface area contributed by atoms with Crippen molar-refractivity contribution in [3.63, 3.8) is 0 Å². The number of furan rings is 1. The van der Waals surface area contributed by atoms with Gasteiger partial charge >= 0.3 is 0 Å². The van der Waals surface area contributed by atoms with Gasteiger partial charge in [-0.1, -0.05) is 6.07 Å². The van der Waals surface area contributed by atoms with Gasteiger partial charge in [0.2, 0.25) is 21.5 Å². The molecule has 0 atom stereocenters. The molecule has 0 bridgehead atoms. The van der Waals surface area contributed by atoms with E-state index in [0.29, 0.717) is 11.3 Å². The van der Waals surface area contributed by atoms with E-state index >= 15 is 0 Å². The summed E-state index contributed by atoms with van der Waals surface area (Å²) in [6.07, 6.45) is 0. The van der Waals surface area contributed by atoms with E-state index in [2.05, 4.69) is 4.72 Å². The lowest BCUT2D eigenvalue weighted by Gasteiger charge is -2.10. The number of rotatable bonds is 6. The van der Waals surface area contributed by atoms with E-state index in [-0.39, 0.29) is 17.3 Å². The van der Waals surface area contributed by atoms with Gasteiger partial charge in [-0.15, -0.1) is 0 Å². The Bertz CT molecular complexity index is 811. The van der Waals surface area contributed by atoms with Crippen molar-refractivity contribution in [2.45, 2.75) is 6.92 Å². The van der Waals surface area contributed by atoms with E-state index in [0.717, 1.165) is 0 Å². The van der Waals surface area contributed by atoms with Crippen molar-refractivity contribution in [1.29, 1.82) is 0 Å². The predicted octanol–water partition coefficient (Wildman–Crippen LogP) is 2.14. The van der Waals surface area contributed by atoms with Crippen LogP contribution >= 0.6 is 0 Å². The van der Waals surface area contributed by atoms with Crippen molar-refractivity contribution < 1.29 is 32.5 Å². The fraction of sp³-hybridized carbons (Fsp3) is 0.286. The zero-order valence-corrected chi connectivity index (χ0v) is 13.6. The summed E-state index contributed by atoms with van der Waals surface area (Å²) < 4.78 is 40.9. The molecule has 0 aliphatic rings. The molecule has 2 rings (SSSR count). The first-order valence-corrected chi connectivity index (χ1v) is 8.26. The highest BCUT2D eigenvalue weighted by Gasteiger charge is 2.26. The van der Waals surface area contributed by atoms with Crippen molar-refractivity contribution in [3.05, 3.63) is 18.2 Å². The molecule has 1 aromatic heterocycles. The molecule has 8 nitrogen and oxygen atoms in total. The van der Waals surface area contributed by atoms with Crippen LogP contribution in [0.3, 0.4) is 0 Å². The summed E-state index contributed by atoms with van der Waals surface area (Å²) in [6.45, 7) is 1.42. The third-order valence-corrected chi connectivity index (χ3v) is 4.39. The third-order valence-electron chi connectivity index (χ3n) is 3.13. The zero-order valence-electron chi connectivity index (χ0n) is 12.8. The number of benzene rings is 1. The Morgan fingerprint density at radius 2 is 1.87 bits per heavy atom. The predicted molar refractivity (Wildman–Crippen MR) is 83.7 cm³/mol. The Morgan fingerprint density at radius 3 is 2.43 bits per heavy atom. The molecule has 1 aromatic carbocycles. The quantitative estimate of drug-likeness (QED) is 0.735. The molecule has 0 amide bonds. The van der Waals surface area contributed by atoms with Crippen LogP contribution in [-0.2, 0) is 10.0 Å². The number of methoxy groups -OCH3 is 2. The molecule has 9 heteroatoms. The van der Waals surface area contributed by atoms with Gasteiger partial charge in [0.25, 0.3) is 5.88 Å². The average Bonchev–Trinajstić information content (AvgIpc) is 2.81. The second kappa shape index (κ2) is 6.29. The van der Waals surface area contributed by atoms with Crippen LogP contribution in [0.1, 0.15) is 6.92 Å². The molecule has 0 radical (unpaired) electrons. The van der Waals surface area contributed by atoms with E-state index in [1.165, 1.54) is 21.1 Å². The second-order valence-corrected chi connectivity index (χ2v) is 6.52. The lowest BCUT2D eigenvalue weighted by atomic mass is 10.1. The van der Waals surface area contributed by atoms with Gasteiger partial charge in [-0.3, -0.25) is 0 Å². The third kappa shape index (κ3) is 3.14. The van der Waals surface area contributed by atoms with Gasteiger partial charge < -0.3 is 24.1 Å². The number of hydrogen-bond donors (Lipinski definition) is 3. The molecule has 3 N–H and O–H groups in total. The molecular formula is C14H17NO7S. The number of aromatic hydroxyl groups is 2. The summed E-state index contributed by atoms with van der Waals surface area (Å²) in [6, 6.07) is 4.84. The van der Waals surface area contributed by atoms with Crippen LogP contribution < -0.4 is 14.2 Å². The van der Waals surface area contributed by atoms with Crippen molar-refractivity contribution >= 4 is 15.9 Å². The molecule has 2 aromatic rings. The Labute approximate surface area is 133 Å².